The predicted octanol–water partition coefficient (Wildman–Crippen LogP) is 3.39. The summed E-state index contributed by atoms with van der Waals surface area (Å²) in [6, 6.07) is 17.1. The van der Waals surface area contributed by atoms with E-state index in [0.29, 0.717) is 6.04 Å². The molecule has 2 aliphatic carbocycles. The fourth-order valence-electron chi connectivity index (χ4n) is 3.93. The number of rotatable bonds is 6. The molecule has 0 atom stereocenters. The van der Waals surface area contributed by atoms with Crippen LogP contribution in [0.25, 0.3) is 11.1 Å². The molecule has 0 aromatic heterocycles. The summed E-state index contributed by atoms with van der Waals surface area (Å²) in [5.41, 5.74) is 9.71. The van der Waals surface area contributed by atoms with E-state index in [4.69, 9.17) is 5.73 Å². The molecular weight excluding hydrogens is 320 g/mol. The maximum Gasteiger partial charge on any atom is 0.232 e. The van der Waals surface area contributed by atoms with Gasteiger partial charge in [-0.05, 0) is 54.5 Å². The largest absolute Gasteiger partial charge is 0.369 e. The molecule has 4 heteroatoms. The number of hydrogen-bond donors (Lipinski definition) is 2. The van der Waals surface area contributed by atoms with E-state index in [1.165, 1.54) is 12.8 Å². The van der Waals surface area contributed by atoms with E-state index in [9.17, 15) is 4.79 Å². The van der Waals surface area contributed by atoms with Crippen molar-refractivity contribution in [1.82, 2.24) is 5.32 Å². The molecule has 0 heterocycles. The van der Waals surface area contributed by atoms with E-state index in [-0.39, 0.29) is 18.3 Å². The molecule has 1 amide bonds. The zero-order valence-corrected chi connectivity index (χ0v) is 14.4. The van der Waals surface area contributed by atoms with Crippen LogP contribution in [0.5, 0.6) is 0 Å². The Labute approximate surface area is 149 Å². The number of fused-ring (bicyclic) bond motifs is 3. The third-order valence-electron chi connectivity index (χ3n) is 5.22. The third-order valence-corrected chi connectivity index (χ3v) is 5.22. The Kier molecular flexibility index (Phi) is 4.66. The second-order valence-corrected chi connectivity index (χ2v) is 6.69. The van der Waals surface area contributed by atoms with Crippen molar-refractivity contribution in [3.8, 4) is 11.1 Å². The van der Waals surface area contributed by atoms with Crippen LogP contribution in [0, 0.1) is 0 Å². The number of halogens is 1. The first-order chi connectivity index (χ1) is 11.2. The maximum atomic E-state index is 12.6. The molecule has 0 radical (unpaired) electrons. The highest BCUT2D eigenvalue weighted by atomic mass is 35.5. The first-order valence-electron chi connectivity index (χ1n) is 8.46. The standard InChI is InChI=1S/C20H22N2O.ClH/c21-19(23)20(12-5-13-22-14-10-11-14)17-8-3-1-6-15(17)16-7-2-4-9-18(16)20;/h1-4,6-9,14,22H,5,10-13H2,(H2,21,23);1H. The minimum atomic E-state index is -0.682. The average Bonchev–Trinajstić information content (AvgIpc) is 3.35. The van der Waals surface area contributed by atoms with Crippen molar-refractivity contribution in [3.63, 3.8) is 0 Å². The smallest absolute Gasteiger partial charge is 0.232 e. The van der Waals surface area contributed by atoms with Gasteiger partial charge in [-0.1, -0.05) is 48.5 Å². The molecule has 2 aliphatic rings. The van der Waals surface area contributed by atoms with Crippen LogP contribution in [0.1, 0.15) is 36.8 Å². The molecule has 0 spiro atoms. The summed E-state index contributed by atoms with van der Waals surface area (Å²) in [7, 11) is 0. The Bertz CT molecular complexity index is 709. The highest BCUT2D eigenvalue weighted by molar-refractivity contribution is 5.99. The summed E-state index contributed by atoms with van der Waals surface area (Å²) >= 11 is 0. The zero-order chi connectivity index (χ0) is 15.9. The summed E-state index contributed by atoms with van der Waals surface area (Å²) in [6.45, 7) is 0.948. The molecule has 0 aliphatic heterocycles. The number of primary amides is 1. The van der Waals surface area contributed by atoms with Gasteiger partial charge in [-0.25, -0.2) is 0 Å². The normalized spacial score (nSPS) is 16.8. The fourth-order valence-corrected chi connectivity index (χ4v) is 3.93. The second kappa shape index (κ2) is 6.58. The fraction of sp³-hybridized carbons (Fsp3) is 0.350. The van der Waals surface area contributed by atoms with E-state index >= 15 is 0 Å². The van der Waals surface area contributed by atoms with Crippen LogP contribution in [0.2, 0.25) is 0 Å². The van der Waals surface area contributed by atoms with Gasteiger partial charge in [-0.2, -0.15) is 0 Å². The maximum absolute atomic E-state index is 12.6. The number of hydrogen-bond acceptors (Lipinski definition) is 2. The molecule has 1 fully saturated rings. The van der Waals surface area contributed by atoms with Gasteiger partial charge in [-0.15, -0.1) is 12.4 Å². The Morgan fingerprint density at radius 3 is 2.08 bits per heavy atom. The Hall–Kier alpha value is -1.84. The lowest BCUT2D eigenvalue weighted by atomic mass is 9.74. The van der Waals surface area contributed by atoms with Crippen molar-refractivity contribution in [2.24, 2.45) is 5.73 Å². The van der Waals surface area contributed by atoms with E-state index in [0.717, 1.165) is 41.6 Å². The minimum absolute atomic E-state index is 0. The molecule has 0 bridgehead atoms. The SMILES string of the molecule is Cl.NC(=O)C1(CCCNC2CC2)c2ccccc2-c2ccccc21. The van der Waals surface area contributed by atoms with Gasteiger partial charge in [-0.3, -0.25) is 4.79 Å². The molecule has 24 heavy (non-hydrogen) atoms. The first-order valence-corrected chi connectivity index (χ1v) is 8.46. The number of nitrogens with two attached hydrogens (primary N) is 1. The molecule has 1 saturated carbocycles. The van der Waals surface area contributed by atoms with Crippen LogP contribution < -0.4 is 11.1 Å². The predicted molar refractivity (Wildman–Crippen MR) is 99.4 cm³/mol. The summed E-state index contributed by atoms with van der Waals surface area (Å²) in [5.74, 6) is -0.235. The molecule has 126 valence electrons. The quantitative estimate of drug-likeness (QED) is 0.790. The monoisotopic (exact) mass is 342 g/mol. The lowest BCUT2D eigenvalue weighted by Gasteiger charge is -2.28. The van der Waals surface area contributed by atoms with Gasteiger partial charge >= 0.3 is 0 Å². The highest BCUT2D eigenvalue weighted by Gasteiger charge is 2.47. The van der Waals surface area contributed by atoms with E-state index in [1.807, 2.05) is 24.3 Å². The van der Waals surface area contributed by atoms with E-state index in [1.54, 1.807) is 0 Å². The molecule has 2 aromatic carbocycles. The van der Waals surface area contributed by atoms with Crippen LogP contribution in [-0.4, -0.2) is 18.5 Å². The zero-order valence-electron chi connectivity index (χ0n) is 13.6. The van der Waals surface area contributed by atoms with Crippen molar-refractivity contribution in [2.75, 3.05) is 6.54 Å². The lowest BCUT2D eigenvalue weighted by molar-refractivity contribution is -0.122. The number of amides is 1. The lowest BCUT2D eigenvalue weighted by Crippen LogP contribution is -2.41. The van der Waals surface area contributed by atoms with Crippen LogP contribution in [0.4, 0.5) is 0 Å². The van der Waals surface area contributed by atoms with Crippen molar-refractivity contribution in [3.05, 3.63) is 59.7 Å². The number of carbonyl (C=O) groups is 1. The van der Waals surface area contributed by atoms with Crippen LogP contribution in [-0.2, 0) is 10.2 Å². The van der Waals surface area contributed by atoms with Crippen molar-refractivity contribution >= 4 is 18.3 Å². The number of benzene rings is 2. The topological polar surface area (TPSA) is 55.1 Å². The highest BCUT2D eigenvalue weighted by Crippen LogP contribution is 2.50. The van der Waals surface area contributed by atoms with E-state index in [2.05, 4.69) is 29.6 Å². The summed E-state index contributed by atoms with van der Waals surface area (Å²) in [5, 5.41) is 3.53. The molecule has 3 nitrogen and oxygen atoms in total. The summed E-state index contributed by atoms with van der Waals surface area (Å²) in [4.78, 5) is 12.6. The summed E-state index contributed by atoms with van der Waals surface area (Å²) < 4.78 is 0. The van der Waals surface area contributed by atoms with E-state index < -0.39 is 5.41 Å². The Balaban J connectivity index is 0.00000169. The van der Waals surface area contributed by atoms with Gasteiger partial charge in [0.1, 0.15) is 0 Å². The minimum Gasteiger partial charge on any atom is -0.369 e. The van der Waals surface area contributed by atoms with Gasteiger partial charge in [0.05, 0.1) is 5.41 Å². The van der Waals surface area contributed by atoms with Crippen molar-refractivity contribution < 1.29 is 4.79 Å². The number of carbonyl (C=O) groups excluding carboxylic acids is 1. The third kappa shape index (κ3) is 2.62. The molecule has 0 unspecified atom stereocenters. The van der Waals surface area contributed by atoms with Crippen molar-refractivity contribution in [2.45, 2.75) is 37.1 Å². The Morgan fingerprint density at radius 2 is 1.58 bits per heavy atom. The average molecular weight is 343 g/mol. The van der Waals surface area contributed by atoms with Crippen LogP contribution in [0.15, 0.2) is 48.5 Å². The second-order valence-electron chi connectivity index (χ2n) is 6.69. The van der Waals surface area contributed by atoms with Crippen molar-refractivity contribution in [1.29, 1.82) is 0 Å². The van der Waals surface area contributed by atoms with Gasteiger partial charge < -0.3 is 11.1 Å². The first kappa shape index (κ1) is 17.0. The van der Waals surface area contributed by atoms with Gasteiger partial charge in [0.25, 0.3) is 0 Å². The number of nitrogens with one attached hydrogen (secondary N) is 1. The molecule has 0 saturated heterocycles. The molecular formula is C20H23ClN2O. The molecule has 2 aromatic rings. The van der Waals surface area contributed by atoms with Gasteiger partial charge in [0, 0.05) is 6.04 Å². The van der Waals surface area contributed by atoms with Gasteiger partial charge in [0.2, 0.25) is 5.91 Å². The Morgan fingerprint density at radius 1 is 1.04 bits per heavy atom. The van der Waals surface area contributed by atoms with Crippen LogP contribution >= 0.6 is 12.4 Å². The van der Waals surface area contributed by atoms with Gasteiger partial charge in [0.15, 0.2) is 0 Å². The molecule has 4 rings (SSSR count). The molecule has 3 N–H and O–H groups in total. The van der Waals surface area contributed by atoms with Crippen LogP contribution in [0.3, 0.4) is 0 Å². The summed E-state index contributed by atoms with van der Waals surface area (Å²) in [6.07, 6.45) is 4.28.